The van der Waals surface area contributed by atoms with Crippen LogP contribution in [0.25, 0.3) is 0 Å². The lowest BCUT2D eigenvalue weighted by Crippen LogP contribution is -2.45. The van der Waals surface area contributed by atoms with Gasteiger partial charge < -0.3 is 49.5 Å². The van der Waals surface area contributed by atoms with Gasteiger partial charge in [0.2, 0.25) is 11.8 Å². The van der Waals surface area contributed by atoms with Crippen LogP contribution in [0.1, 0.15) is 85.6 Å². The lowest BCUT2D eigenvalue weighted by molar-refractivity contribution is -0.159. The summed E-state index contributed by atoms with van der Waals surface area (Å²) in [5, 5.41) is 5.27. The topological polar surface area (TPSA) is 217 Å². The number of carbonyl (C=O) groups is 6. The van der Waals surface area contributed by atoms with Crippen molar-refractivity contribution >= 4 is 35.5 Å². The Balaban J connectivity index is 2.14. The fourth-order valence-electron chi connectivity index (χ4n) is 4.30. The molecule has 0 aliphatic carbocycles. The summed E-state index contributed by atoms with van der Waals surface area (Å²) in [6.07, 6.45) is 0.606. The summed E-state index contributed by atoms with van der Waals surface area (Å²) in [5.41, 5.74) is 5.22. The van der Waals surface area contributed by atoms with E-state index in [0.717, 1.165) is 5.56 Å². The molecule has 0 bridgehead atoms. The highest BCUT2D eigenvalue weighted by Crippen LogP contribution is 2.13. The minimum atomic E-state index is -1.09. The van der Waals surface area contributed by atoms with Gasteiger partial charge in [0.1, 0.15) is 43.1 Å². The zero-order valence-corrected chi connectivity index (χ0v) is 32.7. The molecule has 0 saturated carbocycles. The number of rotatable bonds is 28. The maximum Gasteiger partial charge on any atom is 0.332 e. The quantitative estimate of drug-likeness (QED) is 0.0634. The van der Waals surface area contributed by atoms with Crippen molar-refractivity contribution < 1.29 is 61.9 Å². The molecule has 1 rings (SSSR count). The number of benzene rings is 1. The second-order valence-corrected chi connectivity index (χ2v) is 14.3. The minimum Gasteiger partial charge on any atom is -0.459 e. The van der Waals surface area contributed by atoms with Crippen LogP contribution in [0.2, 0.25) is 0 Å². The van der Waals surface area contributed by atoms with Gasteiger partial charge >= 0.3 is 17.9 Å². The lowest BCUT2D eigenvalue weighted by atomic mass is 10.1. The van der Waals surface area contributed by atoms with Gasteiger partial charge in [0.15, 0.2) is 5.78 Å². The first-order valence-corrected chi connectivity index (χ1v) is 18.2. The molecule has 306 valence electrons. The number of nitrogens with two attached hydrogens (primary N) is 1. The summed E-state index contributed by atoms with van der Waals surface area (Å²) in [6, 6.07) is 7.25. The van der Waals surface area contributed by atoms with Crippen molar-refractivity contribution in [1.82, 2.24) is 10.6 Å². The number of ketones is 1. The van der Waals surface area contributed by atoms with Gasteiger partial charge in [-0.1, -0.05) is 30.3 Å². The number of esters is 3. The molecule has 0 aliphatic heterocycles. The van der Waals surface area contributed by atoms with E-state index in [0.29, 0.717) is 19.4 Å². The molecule has 1 aromatic rings. The number of nitrogens with one attached hydrogen (secondary N) is 2. The van der Waals surface area contributed by atoms with Crippen molar-refractivity contribution in [3.8, 4) is 0 Å². The average molecular weight is 768 g/mol. The van der Waals surface area contributed by atoms with Crippen LogP contribution in [0.15, 0.2) is 30.3 Å². The highest BCUT2D eigenvalue weighted by molar-refractivity contribution is 5.86. The molecule has 0 saturated heterocycles. The second-order valence-electron chi connectivity index (χ2n) is 14.3. The maximum absolute atomic E-state index is 12.8. The SMILES string of the molecule is CC(C)(C)OC(=O)[C@H](CCC(=O)NCCOCCOCC(=O)CCCOCCOCC(=O)OCc1ccccc1)NC(=O)CC[C@H](N)C(=O)OC(C)(C)C. The van der Waals surface area contributed by atoms with E-state index < -0.39 is 47.1 Å². The summed E-state index contributed by atoms with van der Waals surface area (Å²) < 4.78 is 37.2. The van der Waals surface area contributed by atoms with Crippen LogP contribution in [0.3, 0.4) is 0 Å². The summed E-state index contributed by atoms with van der Waals surface area (Å²) in [4.78, 5) is 73.6. The monoisotopic (exact) mass is 767 g/mol. The molecule has 16 nitrogen and oxygen atoms in total. The normalized spacial score (nSPS) is 12.6. The molecule has 0 aliphatic rings. The van der Waals surface area contributed by atoms with Crippen LogP contribution in [0, 0.1) is 0 Å². The van der Waals surface area contributed by atoms with Crippen molar-refractivity contribution in [2.24, 2.45) is 5.73 Å². The van der Waals surface area contributed by atoms with E-state index in [4.69, 9.17) is 38.9 Å². The Kier molecular flexibility index (Phi) is 23.8. The average Bonchev–Trinajstić information content (AvgIpc) is 3.09. The Hall–Kier alpha value is -3.96. The van der Waals surface area contributed by atoms with Crippen molar-refractivity contribution in [3.63, 3.8) is 0 Å². The van der Waals surface area contributed by atoms with Gasteiger partial charge in [-0.2, -0.15) is 0 Å². The minimum absolute atomic E-state index is 0.00999. The smallest absolute Gasteiger partial charge is 0.332 e. The summed E-state index contributed by atoms with van der Waals surface area (Å²) >= 11 is 0. The van der Waals surface area contributed by atoms with Gasteiger partial charge in [-0.15, -0.1) is 0 Å². The van der Waals surface area contributed by atoms with E-state index in [9.17, 15) is 28.8 Å². The third-order valence-corrected chi connectivity index (χ3v) is 6.86. The summed E-state index contributed by atoms with van der Waals surface area (Å²) in [5.74, 6) is -2.73. The van der Waals surface area contributed by atoms with Gasteiger partial charge in [0.25, 0.3) is 0 Å². The fraction of sp³-hybridized carbons (Fsp3) is 0.684. The highest BCUT2D eigenvalue weighted by atomic mass is 16.6. The van der Waals surface area contributed by atoms with Crippen LogP contribution in [-0.2, 0) is 68.5 Å². The largest absolute Gasteiger partial charge is 0.459 e. The van der Waals surface area contributed by atoms with E-state index in [1.165, 1.54) is 0 Å². The van der Waals surface area contributed by atoms with Gasteiger partial charge in [0, 0.05) is 32.4 Å². The first kappa shape index (κ1) is 48.1. The molecular weight excluding hydrogens is 706 g/mol. The van der Waals surface area contributed by atoms with Crippen molar-refractivity contribution in [2.75, 3.05) is 59.4 Å². The number of hydrogen-bond acceptors (Lipinski definition) is 14. The van der Waals surface area contributed by atoms with Crippen LogP contribution in [0.4, 0.5) is 0 Å². The van der Waals surface area contributed by atoms with Crippen LogP contribution < -0.4 is 16.4 Å². The summed E-state index contributed by atoms with van der Waals surface area (Å²) in [7, 11) is 0. The second kappa shape index (κ2) is 26.8. The third kappa shape index (κ3) is 26.7. The first-order chi connectivity index (χ1) is 25.4. The Labute approximate surface area is 318 Å². The molecule has 2 atom stereocenters. The highest BCUT2D eigenvalue weighted by Gasteiger charge is 2.28. The molecular formula is C38H61N3O13. The van der Waals surface area contributed by atoms with Gasteiger partial charge in [-0.05, 0) is 66.4 Å². The first-order valence-electron chi connectivity index (χ1n) is 18.2. The number of Topliss-reactive ketones (excluding diaryl/α,β-unsaturated/α-hetero) is 1. The van der Waals surface area contributed by atoms with Gasteiger partial charge in [-0.3, -0.25) is 19.2 Å². The molecule has 0 spiro atoms. The third-order valence-electron chi connectivity index (χ3n) is 6.86. The van der Waals surface area contributed by atoms with E-state index >= 15 is 0 Å². The molecule has 0 radical (unpaired) electrons. The number of hydrogen-bond donors (Lipinski definition) is 3. The number of carbonyl (C=O) groups excluding carboxylic acids is 6. The van der Waals surface area contributed by atoms with E-state index in [1.54, 1.807) is 41.5 Å². The van der Waals surface area contributed by atoms with Crippen LogP contribution >= 0.6 is 0 Å². The molecule has 0 aromatic heterocycles. The Bertz CT molecular complexity index is 1280. The maximum atomic E-state index is 12.8. The predicted molar refractivity (Wildman–Crippen MR) is 197 cm³/mol. The molecule has 1 aromatic carbocycles. The zero-order chi connectivity index (χ0) is 40.4. The fourth-order valence-corrected chi connectivity index (χ4v) is 4.30. The van der Waals surface area contributed by atoms with E-state index in [2.05, 4.69) is 10.6 Å². The number of ether oxygens (including phenoxy) is 7. The van der Waals surface area contributed by atoms with Crippen molar-refractivity contribution in [3.05, 3.63) is 35.9 Å². The molecule has 2 amide bonds. The van der Waals surface area contributed by atoms with Gasteiger partial charge in [0.05, 0.1) is 33.0 Å². The molecule has 0 fully saturated rings. The molecule has 0 heterocycles. The van der Waals surface area contributed by atoms with E-state index in [-0.39, 0.29) is 96.8 Å². The van der Waals surface area contributed by atoms with E-state index in [1.807, 2.05) is 30.3 Å². The Morgan fingerprint density at radius 2 is 1.24 bits per heavy atom. The molecule has 54 heavy (non-hydrogen) atoms. The van der Waals surface area contributed by atoms with Crippen molar-refractivity contribution in [2.45, 2.75) is 110 Å². The summed E-state index contributed by atoms with van der Waals surface area (Å²) in [6.45, 7) is 11.9. The molecule has 4 N–H and O–H groups in total. The zero-order valence-electron chi connectivity index (χ0n) is 32.7. The Morgan fingerprint density at radius 3 is 1.89 bits per heavy atom. The van der Waals surface area contributed by atoms with Crippen molar-refractivity contribution in [1.29, 1.82) is 0 Å². The van der Waals surface area contributed by atoms with Crippen LogP contribution in [-0.4, -0.2) is 118 Å². The standard InChI is InChI=1S/C38H61N3O13/c1-37(2,3)53-35(46)30(39)14-16-33(44)41-31(36(47)54-38(4,5)6)15-17-32(43)40-18-20-49-22-23-50-26-29(42)13-10-19-48-21-24-51-27-34(45)52-25-28-11-8-7-9-12-28/h7-9,11-12,30-31H,10,13-27,39H2,1-6H3,(H,40,43)(H,41,44)/t30-,31-/m0/s1. The Morgan fingerprint density at radius 1 is 0.667 bits per heavy atom. The van der Waals surface area contributed by atoms with Gasteiger partial charge in [-0.25, -0.2) is 9.59 Å². The molecule has 16 heteroatoms. The molecule has 0 unspecified atom stereocenters. The van der Waals surface area contributed by atoms with Crippen LogP contribution in [0.5, 0.6) is 0 Å². The number of amides is 2. The predicted octanol–water partition coefficient (Wildman–Crippen LogP) is 2.32. The lowest BCUT2D eigenvalue weighted by Gasteiger charge is -2.25.